The van der Waals surface area contributed by atoms with Crippen molar-refractivity contribution < 1.29 is 14.1 Å². The van der Waals surface area contributed by atoms with Gasteiger partial charge in [-0.05, 0) is 36.4 Å². The Kier molecular flexibility index (Phi) is 4.72. The Morgan fingerprint density at radius 3 is 2.63 bits per heavy atom. The van der Waals surface area contributed by atoms with Crippen molar-refractivity contribution in [2.24, 2.45) is 0 Å². The Hall–Kier alpha value is -4.12. The molecule has 0 spiro atoms. The number of halogens is 2. The molecule has 4 rings (SSSR count). The fraction of sp³-hybridized carbons (Fsp3) is 0. The van der Waals surface area contributed by atoms with Gasteiger partial charge in [0.05, 0.1) is 16.8 Å². The highest BCUT2D eigenvalue weighted by molar-refractivity contribution is 6.31. The van der Waals surface area contributed by atoms with Gasteiger partial charge in [0.25, 0.3) is 17.2 Å². The average molecular weight is 429 g/mol. The van der Waals surface area contributed by atoms with E-state index in [-0.39, 0.29) is 21.6 Å². The van der Waals surface area contributed by atoms with Crippen LogP contribution in [0.5, 0.6) is 0 Å². The van der Waals surface area contributed by atoms with Crippen LogP contribution in [0, 0.1) is 15.9 Å². The van der Waals surface area contributed by atoms with Crippen molar-refractivity contribution in [3.05, 3.63) is 91.9 Å². The number of hydrogen-bond donors (Lipinski definition) is 1. The van der Waals surface area contributed by atoms with Crippen molar-refractivity contribution in [3.63, 3.8) is 0 Å². The third-order valence-electron chi connectivity index (χ3n) is 4.18. The lowest BCUT2D eigenvalue weighted by atomic mass is 10.1. The molecule has 150 valence electrons. The topological polar surface area (TPSA) is 125 Å². The van der Waals surface area contributed by atoms with Gasteiger partial charge in [-0.15, -0.1) is 0 Å². The molecule has 0 bridgehead atoms. The lowest BCUT2D eigenvalue weighted by Gasteiger charge is -2.09. The second-order valence-electron chi connectivity index (χ2n) is 6.05. The molecule has 0 aliphatic carbocycles. The van der Waals surface area contributed by atoms with Crippen LogP contribution in [-0.2, 0) is 0 Å². The Bertz CT molecular complexity index is 1370. The van der Waals surface area contributed by atoms with E-state index in [1.165, 1.54) is 41.2 Å². The smallest absolute Gasteiger partial charge is 0.267 e. The molecule has 0 aliphatic heterocycles. The standard InChI is InChI=1S/C18H10ClFN6O4/c19-10-1-6-15(26(29)30)13(7-10)17(27)23-24-9-21-16-14(18(24)28)8-22-25(16)12-4-2-11(20)3-5-12/h1-9H,(H,23,27). The predicted molar refractivity (Wildman–Crippen MR) is 105 cm³/mol. The van der Waals surface area contributed by atoms with Crippen LogP contribution >= 0.6 is 11.6 Å². The lowest BCUT2D eigenvalue weighted by Crippen LogP contribution is -2.33. The second kappa shape index (κ2) is 7.37. The normalized spacial score (nSPS) is 10.9. The molecule has 2 aromatic carbocycles. The summed E-state index contributed by atoms with van der Waals surface area (Å²) >= 11 is 5.83. The van der Waals surface area contributed by atoms with Crippen molar-refractivity contribution >= 4 is 34.2 Å². The van der Waals surface area contributed by atoms with Crippen LogP contribution in [-0.4, -0.2) is 30.3 Å². The van der Waals surface area contributed by atoms with E-state index in [9.17, 15) is 24.1 Å². The molecule has 0 radical (unpaired) electrons. The molecule has 0 saturated carbocycles. The Morgan fingerprint density at radius 1 is 1.20 bits per heavy atom. The monoisotopic (exact) mass is 428 g/mol. The minimum absolute atomic E-state index is 0.0720. The maximum absolute atomic E-state index is 13.1. The number of amides is 1. The molecular formula is C18H10ClFN6O4. The molecule has 0 saturated heterocycles. The first-order valence-corrected chi connectivity index (χ1v) is 8.69. The molecule has 4 aromatic rings. The van der Waals surface area contributed by atoms with Crippen molar-refractivity contribution in [2.75, 3.05) is 5.43 Å². The molecule has 2 aromatic heterocycles. The number of hydrogen-bond acceptors (Lipinski definition) is 6. The molecule has 0 fully saturated rings. The van der Waals surface area contributed by atoms with Gasteiger partial charge < -0.3 is 0 Å². The second-order valence-corrected chi connectivity index (χ2v) is 6.49. The van der Waals surface area contributed by atoms with E-state index in [1.807, 2.05) is 0 Å². The first kappa shape index (κ1) is 19.2. The Balaban J connectivity index is 1.72. The van der Waals surface area contributed by atoms with E-state index in [0.29, 0.717) is 5.69 Å². The van der Waals surface area contributed by atoms with Gasteiger partial charge in [0.1, 0.15) is 23.1 Å². The zero-order chi connectivity index (χ0) is 21.4. The van der Waals surface area contributed by atoms with Gasteiger partial charge in [-0.1, -0.05) is 11.6 Å². The molecule has 30 heavy (non-hydrogen) atoms. The van der Waals surface area contributed by atoms with Crippen LogP contribution in [0.3, 0.4) is 0 Å². The summed E-state index contributed by atoms with van der Waals surface area (Å²) in [6, 6.07) is 8.90. The SMILES string of the molecule is O=C(Nn1cnc2c(cnn2-c2ccc(F)cc2)c1=O)c1cc(Cl)ccc1[N+](=O)[O-]. The molecule has 0 atom stereocenters. The quantitative estimate of drug-likeness (QED) is 0.393. The summed E-state index contributed by atoms with van der Waals surface area (Å²) in [4.78, 5) is 39.8. The third-order valence-corrected chi connectivity index (χ3v) is 4.42. The largest absolute Gasteiger partial charge is 0.283 e. The number of fused-ring (bicyclic) bond motifs is 1. The molecule has 0 aliphatic rings. The molecule has 1 N–H and O–H groups in total. The number of nitro benzene ring substituents is 1. The van der Waals surface area contributed by atoms with Crippen molar-refractivity contribution in [2.45, 2.75) is 0 Å². The van der Waals surface area contributed by atoms with Crippen LogP contribution in [0.1, 0.15) is 10.4 Å². The number of carbonyl (C=O) groups is 1. The molecular weight excluding hydrogens is 419 g/mol. The molecule has 2 heterocycles. The van der Waals surface area contributed by atoms with E-state index in [4.69, 9.17) is 11.6 Å². The van der Waals surface area contributed by atoms with Crippen LogP contribution < -0.4 is 11.0 Å². The van der Waals surface area contributed by atoms with E-state index in [2.05, 4.69) is 15.5 Å². The zero-order valence-electron chi connectivity index (χ0n) is 14.8. The highest BCUT2D eigenvalue weighted by Gasteiger charge is 2.22. The van der Waals surface area contributed by atoms with E-state index in [1.54, 1.807) is 0 Å². The predicted octanol–water partition coefficient (Wildman–Crippen LogP) is 2.67. The minimum Gasteiger partial charge on any atom is -0.267 e. The van der Waals surface area contributed by atoms with Gasteiger partial charge >= 0.3 is 0 Å². The number of nitrogens with one attached hydrogen (secondary N) is 1. The van der Waals surface area contributed by atoms with Gasteiger partial charge in [0, 0.05) is 11.1 Å². The highest BCUT2D eigenvalue weighted by atomic mass is 35.5. The van der Waals surface area contributed by atoms with Crippen molar-refractivity contribution in [1.82, 2.24) is 19.4 Å². The van der Waals surface area contributed by atoms with Gasteiger partial charge in [-0.3, -0.25) is 25.1 Å². The summed E-state index contributed by atoms with van der Waals surface area (Å²) in [5, 5.41) is 15.4. The number of aromatic nitrogens is 4. The molecule has 12 heteroatoms. The number of nitrogens with zero attached hydrogens (tertiary/aromatic N) is 5. The van der Waals surface area contributed by atoms with Crippen LogP contribution in [0.25, 0.3) is 16.7 Å². The van der Waals surface area contributed by atoms with Crippen LogP contribution in [0.4, 0.5) is 10.1 Å². The number of rotatable bonds is 4. The summed E-state index contributed by atoms with van der Waals surface area (Å²) in [5.74, 6) is -1.35. The van der Waals surface area contributed by atoms with Gasteiger partial charge in [-0.2, -0.15) is 5.10 Å². The van der Waals surface area contributed by atoms with Gasteiger partial charge in [-0.25, -0.2) is 18.7 Å². The van der Waals surface area contributed by atoms with Crippen molar-refractivity contribution in [1.29, 1.82) is 0 Å². The summed E-state index contributed by atoms with van der Waals surface area (Å²) in [7, 11) is 0. The average Bonchev–Trinajstić information content (AvgIpc) is 3.15. The molecule has 10 nitrogen and oxygen atoms in total. The number of benzene rings is 2. The number of nitro groups is 1. The number of carbonyl (C=O) groups excluding carboxylic acids is 1. The lowest BCUT2D eigenvalue weighted by molar-refractivity contribution is -0.385. The van der Waals surface area contributed by atoms with Gasteiger partial charge in [0.15, 0.2) is 5.65 Å². The van der Waals surface area contributed by atoms with Crippen molar-refractivity contribution in [3.8, 4) is 5.69 Å². The fourth-order valence-corrected chi connectivity index (χ4v) is 2.95. The first-order chi connectivity index (χ1) is 14.3. The Labute approximate surface area is 171 Å². The van der Waals surface area contributed by atoms with Crippen LogP contribution in [0.15, 0.2) is 59.8 Å². The summed E-state index contributed by atoms with van der Waals surface area (Å²) in [6.07, 6.45) is 2.29. The van der Waals surface area contributed by atoms with Crippen LogP contribution in [0.2, 0.25) is 5.02 Å². The van der Waals surface area contributed by atoms with E-state index in [0.717, 1.165) is 23.1 Å². The summed E-state index contributed by atoms with van der Waals surface area (Å²) < 4.78 is 15.3. The molecule has 1 amide bonds. The first-order valence-electron chi connectivity index (χ1n) is 8.32. The fourth-order valence-electron chi connectivity index (χ4n) is 2.78. The third kappa shape index (κ3) is 3.37. The zero-order valence-corrected chi connectivity index (χ0v) is 15.6. The minimum atomic E-state index is -0.918. The maximum atomic E-state index is 13.1. The summed E-state index contributed by atoms with van der Waals surface area (Å²) in [5.41, 5.74) is 1.47. The highest BCUT2D eigenvalue weighted by Crippen LogP contribution is 2.22. The van der Waals surface area contributed by atoms with Gasteiger partial charge in [0.2, 0.25) is 0 Å². The summed E-state index contributed by atoms with van der Waals surface area (Å²) in [6.45, 7) is 0. The van der Waals surface area contributed by atoms with E-state index < -0.39 is 27.9 Å². The van der Waals surface area contributed by atoms with E-state index >= 15 is 0 Å². The molecule has 0 unspecified atom stereocenters. The Morgan fingerprint density at radius 2 is 1.93 bits per heavy atom. The maximum Gasteiger partial charge on any atom is 0.283 e.